The Hall–Kier alpha value is -3.39. The van der Waals surface area contributed by atoms with Crippen molar-refractivity contribution in [3.8, 4) is 11.1 Å². The van der Waals surface area contributed by atoms with E-state index >= 15 is 0 Å². The van der Waals surface area contributed by atoms with Crippen LogP contribution in [0.2, 0.25) is 5.02 Å². The van der Waals surface area contributed by atoms with Crippen molar-refractivity contribution in [1.82, 2.24) is 14.6 Å². The molecule has 2 heterocycles. The number of benzene rings is 2. The average molecular weight is 431 g/mol. The topological polar surface area (TPSA) is 59.3 Å². The zero-order chi connectivity index (χ0) is 21.5. The number of nitrogens with zero attached hydrogens (tertiary/aromatic N) is 3. The van der Waals surface area contributed by atoms with Gasteiger partial charge in [0.05, 0.1) is 33.7 Å². The van der Waals surface area contributed by atoms with Crippen LogP contribution >= 0.6 is 11.6 Å². The van der Waals surface area contributed by atoms with Crippen LogP contribution < -0.4 is 5.32 Å². The summed E-state index contributed by atoms with van der Waals surface area (Å²) >= 11 is 5.97. The molecule has 9 heteroatoms. The Morgan fingerprint density at radius 3 is 2.53 bits per heavy atom. The van der Waals surface area contributed by atoms with Crippen LogP contribution in [0.15, 0.2) is 60.9 Å². The van der Waals surface area contributed by atoms with Crippen LogP contribution in [-0.4, -0.2) is 20.5 Å². The number of hydrogen-bond donors (Lipinski definition) is 1. The number of halogens is 4. The molecule has 1 N–H and O–H groups in total. The molecule has 2 aromatic heterocycles. The highest BCUT2D eigenvalue weighted by Crippen LogP contribution is 2.34. The van der Waals surface area contributed by atoms with Crippen LogP contribution in [0.5, 0.6) is 0 Å². The number of carbonyl (C=O) groups excluding carboxylic acids is 1. The number of aryl methyl sites for hydroxylation is 1. The molecule has 152 valence electrons. The highest BCUT2D eigenvalue weighted by atomic mass is 35.5. The van der Waals surface area contributed by atoms with E-state index in [4.69, 9.17) is 11.6 Å². The largest absolute Gasteiger partial charge is 0.416 e. The molecule has 0 spiro atoms. The first-order valence-electron chi connectivity index (χ1n) is 8.82. The Kier molecular flexibility index (Phi) is 4.95. The predicted octanol–water partition coefficient (Wildman–Crippen LogP) is 5.63. The van der Waals surface area contributed by atoms with Crippen molar-refractivity contribution in [2.75, 3.05) is 5.32 Å². The fraction of sp³-hybridized carbons (Fsp3) is 0.0952. The molecule has 2 aromatic carbocycles. The molecule has 0 atom stereocenters. The lowest BCUT2D eigenvalue weighted by atomic mass is 10.1. The second-order valence-electron chi connectivity index (χ2n) is 6.56. The van der Waals surface area contributed by atoms with E-state index in [0.29, 0.717) is 11.3 Å². The maximum atomic E-state index is 13.0. The van der Waals surface area contributed by atoms with Crippen LogP contribution in [0.4, 0.5) is 18.9 Å². The molecule has 0 radical (unpaired) electrons. The fourth-order valence-corrected chi connectivity index (χ4v) is 3.24. The number of fused-ring (bicyclic) bond motifs is 1. The number of anilines is 1. The Morgan fingerprint density at radius 1 is 1.10 bits per heavy atom. The van der Waals surface area contributed by atoms with E-state index in [1.165, 1.54) is 10.7 Å². The number of hydrogen-bond acceptors (Lipinski definition) is 3. The molecule has 0 aliphatic heterocycles. The molecule has 0 saturated heterocycles. The SMILES string of the molecule is Cc1c(C(=O)Nc2cc(C(F)(F)F)ccc2Cl)cnc2c(-c3ccccc3)cnn12. The van der Waals surface area contributed by atoms with E-state index in [1.807, 2.05) is 30.3 Å². The van der Waals surface area contributed by atoms with Gasteiger partial charge in [0.15, 0.2) is 5.65 Å². The maximum absolute atomic E-state index is 13.0. The van der Waals surface area contributed by atoms with Gasteiger partial charge in [-0.1, -0.05) is 41.9 Å². The lowest BCUT2D eigenvalue weighted by Gasteiger charge is -2.13. The zero-order valence-corrected chi connectivity index (χ0v) is 16.3. The number of aromatic nitrogens is 3. The molecular formula is C21H14ClF3N4O. The van der Waals surface area contributed by atoms with Crippen molar-refractivity contribution in [2.24, 2.45) is 0 Å². The van der Waals surface area contributed by atoms with Crippen LogP contribution in [0.3, 0.4) is 0 Å². The van der Waals surface area contributed by atoms with Gasteiger partial charge in [0.1, 0.15) is 0 Å². The van der Waals surface area contributed by atoms with Crippen molar-refractivity contribution < 1.29 is 18.0 Å². The van der Waals surface area contributed by atoms with Gasteiger partial charge in [-0.3, -0.25) is 4.79 Å². The zero-order valence-electron chi connectivity index (χ0n) is 15.5. The van der Waals surface area contributed by atoms with Crippen molar-refractivity contribution in [2.45, 2.75) is 13.1 Å². The Bertz CT molecular complexity index is 1250. The Labute approximate surface area is 174 Å². The first-order chi connectivity index (χ1) is 14.3. The summed E-state index contributed by atoms with van der Waals surface area (Å²) in [5.41, 5.74) is 1.89. The summed E-state index contributed by atoms with van der Waals surface area (Å²) in [6.07, 6.45) is -1.53. The minimum absolute atomic E-state index is 0.00602. The molecule has 5 nitrogen and oxygen atoms in total. The average Bonchev–Trinajstić information content (AvgIpc) is 3.14. The molecule has 0 bridgehead atoms. The summed E-state index contributed by atoms with van der Waals surface area (Å²) in [5, 5.41) is 6.73. The summed E-state index contributed by atoms with van der Waals surface area (Å²) in [7, 11) is 0. The van der Waals surface area contributed by atoms with Gasteiger partial charge in [-0.15, -0.1) is 0 Å². The lowest BCUT2D eigenvalue weighted by molar-refractivity contribution is -0.137. The van der Waals surface area contributed by atoms with Crippen LogP contribution in [0, 0.1) is 6.92 Å². The Balaban J connectivity index is 1.69. The molecule has 0 unspecified atom stereocenters. The Morgan fingerprint density at radius 2 is 1.83 bits per heavy atom. The summed E-state index contributed by atoms with van der Waals surface area (Å²) in [4.78, 5) is 17.1. The first kappa shape index (κ1) is 19.9. The lowest BCUT2D eigenvalue weighted by Crippen LogP contribution is -2.17. The monoisotopic (exact) mass is 430 g/mol. The van der Waals surface area contributed by atoms with Gasteiger partial charge in [-0.05, 0) is 30.7 Å². The molecule has 4 aromatic rings. The normalized spacial score (nSPS) is 11.6. The molecule has 30 heavy (non-hydrogen) atoms. The molecule has 0 aliphatic carbocycles. The third-order valence-corrected chi connectivity index (χ3v) is 4.97. The van der Waals surface area contributed by atoms with Gasteiger partial charge in [-0.2, -0.15) is 18.3 Å². The smallest absolute Gasteiger partial charge is 0.321 e. The van der Waals surface area contributed by atoms with Crippen LogP contribution in [0.1, 0.15) is 21.6 Å². The number of alkyl halides is 3. The number of rotatable bonds is 3. The van der Waals surface area contributed by atoms with Crippen LogP contribution in [0.25, 0.3) is 16.8 Å². The standard InChI is InChI=1S/C21H14ClF3N4O/c1-12-15(20(30)28-18-9-14(21(23,24)25)7-8-17(18)22)10-26-19-16(11-27-29(12)19)13-5-3-2-4-6-13/h2-11H,1H3,(H,28,30). The molecule has 0 fully saturated rings. The van der Waals surface area contributed by atoms with Gasteiger partial charge in [-0.25, -0.2) is 9.50 Å². The number of nitrogens with one attached hydrogen (secondary N) is 1. The second kappa shape index (κ2) is 7.46. The van der Waals surface area contributed by atoms with E-state index in [9.17, 15) is 18.0 Å². The molecule has 0 saturated carbocycles. The van der Waals surface area contributed by atoms with E-state index in [1.54, 1.807) is 13.1 Å². The minimum Gasteiger partial charge on any atom is -0.321 e. The minimum atomic E-state index is -4.55. The van der Waals surface area contributed by atoms with Gasteiger partial charge in [0, 0.05) is 11.8 Å². The summed E-state index contributed by atoms with van der Waals surface area (Å²) < 4.78 is 40.4. The molecule has 1 amide bonds. The third kappa shape index (κ3) is 3.61. The highest BCUT2D eigenvalue weighted by Gasteiger charge is 2.31. The highest BCUT2D eigenvalue weighted by molar-refractivity contribution is 6.34. The van der Waals surface area contributed by atoms with Crippen molar-refractivity contribution in [3.63, 3.8) is 0 Å². The van der Waals surface area contributed by atoms with Crippen molar-refractivity contribution in [3.05, 3.63) is 82.8 Å². The summed E-state index contributed by atoms with van der Waals surface area (Å²) in [6.45, 7) is 1.68. The fourth-order valence-electron chi connectivity index (χ4n) is 3.08. The van der Waals surface area contributed by atoms with Crippen LogP contribution in [-0.2, 0) is 6.18 Å². The van der Waals surface area contributed by atoms with E-state index in [2.05, 4.69) is 15.4 Å². The third-order valence-electron chi connectivity index (χ3n) is 4.64. The quantitative estimate of drug-likeness (QED) is 0.458. The van der Waals surface area contributed by atoms with Gasteiger partial charge in [0.25, 0.3) is 5.91 Å². The molecule has 4 rings (SSSR count). The summed E-state index contributed by atoms with van der Waals surface area (Å²) in [6, 6.07) is 12.3. The van der Waals surface area contributed by atoms with E-state index in [-0.39, 0.29) is 16.3 Å². The molecule has 0 aliphatic rings. The van der Waals surface area contributed by atoms with E-state index in [0.717, 1.165) is 29.3 Å². The van der Waals surface area contributed by atoms with Gasteiger partial charge >= 0.3 is 6.18 Å². The van der Waals surface area contributed by atoms with E-state index < -0.39 is 17.6 Å². The van der Waals surface area contributed by atoms with Gasteiger partial charge < -0.3 is 5.32 Å². The predicted molar refractivity (Wildman–Crippen MR) is 108 cm³/mol. The first-order valence-corrected chi connectivity index (χ1v) is 9.20. The maximum Gasteiger partial charge on any atom is 0.416 e. The van der Waals surface area contributed by atoms with Crippen molar-refractivity contribution >= 4 is 28.8 Å². The molecular weight excluding hydrogens is 417 g/mol. The van der Waals surface area contributed by atoms with Crippen molar-refractivity contribution in [1.29, 1.82) is 0 Å². The number of amides is 1. The second-order valence-corrected chi connectivity index (χ2v) is 6.97. The van der Waals surface area contributed by atoms with Gasteiger partial charge in [0.2, 0.25) is 0 Å². The summed E-state index contributed by atoms with van der Waals surface area (Å²) in [5.74, 6) is -0.639. The number of carbonyl (C=O) groups is 1.